The molecule has 1 amide bonds. The van der Waals surface area contributed by atoms with Gasteiger partial charge in [-0.2, -0.15) is 5.26 Å². The third-order valence-corrected chi connectivity index (χ3v) is 7.98. The highest BCUT2D eigenvalue weighted by Gasteiger charge is 2.41. The number of dihydropyridines is 1. The van der Waals surface area contributed by atoms with E-state index in [1.165, 1.54) is 11.8 Å². The van der Waals surface area contributed by atoms with E-state index in [-0.39, 0.29) is 22.9 Å². The molecule has 2 N–H and O–H groups in total. The van der Waals surface area contributed by atoms with Crippen molar-refractivity contribution >= 4 is 51.5 Å². The van der Waals surface area contributed by atoms with Crippen LogP contribution in [-0.4, -0.2) is 17.4 Å². The van der Waals surface area contributed by atoms with E-state index in [9.17, 15) is 14.9 Å². The number of nitrogens with zero attached hydrogens (tertiary/aromatic N) is 1. The summed E-state index contributed by atoms with van der Waals surface area (Å²) in [7, 11) is 0. The maximum Gasteiger partial charge on any atom is 0.234 e. The first-order chi connectivity index (χ1) is 17.7. The molecule has 0 aromatic heterocycles. The predicted octanol–water partition coefficient (Wildman–Crippen LogP) is 6.93. The third-order valence-electron chi connectivity index (χ3n) is 6.71. The van der Waals surface area contributed by atoms with Crippen molar-refractivity contribution in [3.8, 4) is 6.07 Å². The van der Waals surface area contributed by atoms with Crippen LogP contribution < -0.4 is 10.6 Å². The van der Waals surface area contributed by atoms with E-state index in [4.69, 9.17) is 11.6 Å². The highest BCUT2D eigenvalue weighted by atomic mass is 35.5. The minimum Gasteiger partial charge on any atom is -0.352 e. The lowest BCUT2D eigenvalue weighted by Gasteiger charge is -2.39. The standard InChI is InChI=1S/C30H26ClN3O2S/c1-30(2)14-24-28(25(35)15-30)27(19-7-10-21(31)11-8-19)23(16-32)29(34-24)37-17-26(36)33-22-12-9-18-5-3-4-6-20(18)13-22/h3-13,27,34H,14-15,17H2,1-2H3,(H,33,36). The quantitative estimate of drug-likeness (QED) is 0.376. The summed E-state index contributed by atoms with van der Waals surface area (Å²) in [6, 6.07) is 23.4. The van der Waals surface area contributed by atoms with Gasteiger partial charge in [-0.05, 0) is 52.4 Å². The second-order valence-electron chi connectivity index (χ2n) is 10.2. The molecule has 2 aliphatic rings. The van der Waals surface area contributed by atoms with Gasteiger partial charge in [0, 0.05) is 28.4 Å². The number of halogens is 1. The third kappa shape index (κ3) is 5.29. The maximum atomic E-state index is 13.3. The topological polar surface area (TPSA) is 82.0 Å². The number of fused-ring (bicyclic) bond motifs is 1. The molecule has 186 valence electrons. The summed E-state index contributed by atoms with van der Waals surface area (Å²) in [5.41, 5.74) is 3.28. The fraction of sp³-hybridized carbons (Fsp3) is 0.233. The lowest BCUT2D eigenvalue weighted by molar-refractivity contribution is -0.118. The number of allylic oxidation sites excluding steroid dienone is 3. The van der Waals surface area contributed by atoms with Gasteiger partial charge in [0.2, 0.25) is 5.91 Å². The van der Waals surface area contributed by atoms with Gasteiger partial charge in [-0.15, -0.1) is 0 Å². The van der Waals surface area contributed by atoms with Crippen LogP contribution in [0.25, 0.3) is 10.8 Å². The number of nitrogens with one attached hydrogen (secondary N) is 2. The first-order valence-electron chi connectivity index (χ1n) is 12.1. The molecule has 3 aromatic rings. The molecule has 0 fully saturated rings. The number of hydrogen-bond acceptors (Lipinski definition) is 5. The molecule has 5 rings (SSSR count). The summed E-state index contributed by atoms with van der Waals surface area (Å²) in [6.45, 7) is 4.14. The van der Waals surface area contributed by atoms with Gasteiger partial charge >= 0.3 is 0 Å². The Morgan fingerprint density at radius 3 is 2.57 bits per heavy atom. The number of anilines is 1. The molecule has 0 spiro atoms. The van der Waals surface area contributed by atoms with Crippen LogP contribution in [0.2, 0.25) is 5.02 Å². The summed E-state index contributed by atoms with van der Waals surface area (Å²) < 4.78 is 0. The van der Waals surface area contributed by atoms with Crippen LogP contribution in [-0.2, 0) is 9.59 Å². The summed E-state index contributed by atoms with van der Waals surface area (Å²) in [6.07, 6.45) is 1.11. The minimum absolute atomic E-state index is 0.0459. The van der Waals surface area contributed by atoms with Crippen LogP contribution in [0.4, 0.5) is 5.69 Å². The summed E-state index contributed by atoms with van der Waals surface area (Å²) in [5, 5.41) is 19.9. The van der Waals surface area contributed by atoms with Gasteiger partial charge in [-0.3, -0.25) is 9.59 Å². The number of carbonyl (C=O) groups excluding carboxylic acids is 2. The zero-order valence-electron chi connectivity index (χ0n) is 20.6. The zero-order chi connectivity index (χ0) is 26.2. The van der Waals surface area contributed by atoms with Crippen LogP contribution in [0, 0.1) is 16.7 Å². The molecular formula is C30H26ClN3O2S. The Morgan fingerprint density at radius 1 is 1.11 bits per heavy atom. The minimum atomic E-state index is -0.492. The van der Waals surface area contributed by atoms with Crippen LogP contribution in [0.5, 0.6) is 0 Å². The first kappa shape index (κ1) is 25.1. The van der Waals surface area contributed by atoms with E-state index in [0.29, 0.717) is 34.0 Å². The van der Waals surface area contributed by atoms with Gasteiger partial charge < -0.3 is 10.6 Å². The number of hydrogen-bond donors (Lipinski definition) is 2. The Hall–Kier alpha value is -3.53. The van der Waals surface area contributed by atoms with Crippen molar-refractivity contribution in [3.63, 3.8) is 0 Å². The summed E-state index contributed by atoms with van der Waals surface area (Å²) in [4.78, 5) is 26.2. The molecule has 1 unspecified atom stereocenters. The smallest absolute Gasteiger partial charge is 0.234 e. The van der Waals surface area contributed by atoms with Crippen LogP contribution in [0.3, 0.4) is 0 Å². The van der Waals surface area contributed by atoms with Crippen molar-refractivity contribution in [1.82, 2.24) is 5.32 Å². The monoisotopic (exact) mass is 527 g/mol. The van der Waals surface area contributed by atoms with Crippen molar-refractivity contribution < 1.29 is 9.59 Å². The molecule has 0 bridgehead atoms. The molecule has 1 aliphatic heterocycles. The van der Waals surface area contributed by atoms with Gasteiger partial charge in [0.15, 0.2) is 5.78 Å². The van der Waals surface area contributed by atoms with Crippen molar-refractivity contribution in [2.24, 2.45) is 5.41 Å². The van der Waals surface area contributed by atoms with Gasteiger partial charge in [0.25, 0.3) is 0 Å². The van der Waals surface area contributed by atoms with Gasteiger partial charge in [-0.1, -0.05) is 79.7 Å². The van der Waals surface area contributed by atoms with Crippen LogP contribution in [0.1, 0.15) is 38.2 Å². The van der Waals surface area contributed by atoms with E-state index in [1.54, 1.807) is 12.1 Å². The molecule has 3 aromatic carbocycles. The van der Waals surface area contributed by atoms with Crippen molar-refractivity contribution in [3.05, 3.63) is 99.2 Å². The Labute approximate surface area is 225 Å². The van der Waals surface area contributed by atoms with E-state index < -0.39 is 5.92 Å². The molecule has 1 heterocycles. The molecule has 5 nitrogen and oxygen atoms in total. The van der Waals surface area contributed by atoms with Gasteiger partial charge in [-0.25, -0.2) is 0 Å². The molecule has 7 heteroatoms. The Bertz CT molecular complexity index is 1520. The number of carbonyl (C=O) groups is 2. The average Bonchev–Trinajstić information content (AvgIpc) is 2.86. The Kier molecular flexibility index (Phi) is 6.85. The average molecular weight is 528 g/mol. The number of ketones is 1. The molecule has 37 heavy (non-hydrogen) atoms. The zero-order valence-corrected chi connectivity index (χ0v) is 22.2. The SMILES string of the molecule is CC1(C)CC(=O)C2=C(C1)NC(SCC(=O)Nc1ccc3ccccc3c1)=C(C#N)C2c1ccc(Cl)cc1. The Morgan fingerprint density at radius 2 is 1.84 bits per heavy atom. The normalized spacial score (nSPS) is 18.8. The highest BCUT2D eigenvalue weighted by molar-refractivity contribution is 8.03. The van der Waals surface area contributed by atoms with E-state index in [1.807, 2.05) is 54.6 Å². The van der Waals surface area contributed by atoms with E-state index in [2.05, 4.69) is 30.6 Å². The number of nitriles is 1. The second-order valence-corrected chi connectivity index (χ2v) is 11.6. The molecule has 0 saturated heterocycles. The second kappa shape index (κ2) is 10.1. The number of benzene rings is 3. The molecule has 0 radical (unpaired) electrons. The van der Waals surface area contributed by atoms with Crippen molar-refractivity contribution in [2.75, 3.05) is 11.1 Å². The molecule has 0 saturated carbocycles. The van der Waals surface area contributed by atoms with Gasteiger partial charge in [0.05, 0.1) is 28.3 Å². The van der Waals surface area contributed by atoms with Crippen LogP contribution >= 0.6 is 23.4 Å². The number of amides is 1. The number of rotatable bonds is 5. The van der Waals surface area contributed by atoms with E-state index in [0.717, 1.165) is 27.7 Å². The maximum absolute atomic E-state index is 13.3. The largest absolute Gasteiger partial charge is 0.352 e. The van der Waals surface area contributed by atoms with Crippen molar-refractivity contribution in [2.45, 2.75) is 32.6 Å². The lowest BCUT2D eigenvalue weighted by Crippen LogP contribution is -2.37. The molecule has 1 atom stereocenters. The summed E-state index contributed by atoms with van der Waals surface area (Å²) >= 11 is 7.40. The first-order valence-corrected chi connectivity index (χ1v) is 13.4. The Balaban J connectivity index is 1.42. The fourth-order valence-electron chi connectivity index (χ4n) is 5.08. The molecular weight excluding hydrogens is 502 g/mol. The predicted molar refractivity (Wildman–Crippen MR) is 150 cm³/mol. The van der Waals surface area contributed by atoms with E-state index >= 15 is 0 Å². The lowest BCUT2D eigenvalue weighted by atomic mass is 9.69. The fourth-order valence-corrected chi connectivity index (χ4v) is 6.07. The summed E-state index contributed by atoms with van der Waals surface area (Å²) in [5.74, 6) is -0.499. The molecule has 1 aliphatic carbocycles. The number of Topliss-reactive ketones (excluding diaryl/α,β-unsaturated/α-hetero) is 1. The number of thioether (sulfide) groups is 1. The highest BCUT2D eigenvalue weighted by Crippen LogP contribution is 2.48. The van der Waals surface area contributed by atoms with Crippen LogP contribution in [0.15, 0.2) is 88.6 Å². The van der Waals surface area contributed by atoms with Crippen molar-refractivity contribution in [1.29, 1.82) is 5.26 Å². The van der Waals surface area contributed by atoms with Gasteiger partial charge in [0.1, 0.15) is 0 Å².